The van der Waals surface area contributed by atoms with Gasteiger partial charge >= 0.3 is 0 Å². The lowest BCUT2D eigenvalue weighted by Gasteiger charge is -2.06. The van der Waals surface area contributed by atoms with Crippen molar-refractivity contribution in [3.05, 3.63) is 48.0 Å². The molecule has 0 unspecified atom stereocenters. The number of hydrogen-bond acceptors (Lipinski definition) is 7. The number of aryl methyl sites for hydroxylation is 1. The van der Waals surface area contributed by atoms with E-state index in [-0.39, 0.29) is 5.71 Å². The largest absolute Gasteiger partial charge is 0.487 e. The molecule has 0 radical (unpaired) electrons. The maximum atomic E-state index is 8.57. The van der Waals surface area contributed by atoms with Gasteiger partial charge in [-0.25, -0.2) is 0 Å². The van der Waals surface area contributed by atoms with Crippen LogP contribution in [0.2, 0.25) is 0 Å². The summed E-state index contributed by atoms with van der Waals surface area (Å²) in [6, 6.07) is 10.3. The van der Waals surface area contributed by atoms with Crippen molar-refractivity contribution in [1.82, 2.24) is 9.97 Å². The van der Waals surface area contributed by atoms with Gasteiger partial charge in [-0.05, 0) is 31.2 Å². The van der Waals surface area contributed by atoms with Gasteiger partial charge in [0.25, 0.3) is 0 Å². The first kappa shape index (κ1) is 14.9. The summed E-state index contributed by atoms with van der Waals surface area (Å²) in [5.41, 5.74) is 4.62. The molecular weight excluding hydrogens is 280 g/mol. The first-order chi connectivity index (χ1) is 10.7. The van der Waals surface area contributed by atoms with E-state index < -0.39 is 0 Å². The molecule has 0 saturated heterocycles. The van der Waals surface area contributed by atoms with Gasteiger partial charge in [-0.2, -0.15) is 15.6 Å². The number of nitrogens with zero attached hydrogens (tertiary/aromatic N) is 5. The summed E-state index contributed by atoms with van der Waals surface area (Å²) in [7, 11) is 0. The van der Waals surface area contributed by atoms with Crippen LogP contribution in [-0.4, -0.2) is 15.7 Å². The molecule has 0 amide bonds. The molecule has 108 valence electrons. The molecule has 22 heavy (non-hydrogen) atoms. The molecule has 0 spiro atoms. The van der Waals surface area contributed by atoms with Crippen LogP contribution in [0, 0.1) is 29.6 Å². The highest BCUT2D eigenvalue weighted by Crippen LogP contribution is 2.16. The van der Waals surface area contributed by atoms with Crippen LogP contribution in [0.15, 0.2) is 41.8 Å². The number of nitrogens with one attached hydrogen (secondary N) is 1. The van der Waals surface area contributed by atoms with Gasteiger partial charge in [0.1, 0.15) is 24.5 Å². The normalized spacial score (nSPS) is 9.23. The standard InChI is InChI=1S/C15H12N6O/c1-11-8-19-14(9-18-11)10-22-15-4-2-12(3-5-15)20-21-13(6-16)7-17/h2-5,8-9,20H,10H2,1H3. The minimum absolute atomic E-state index is 0.238. The van der Waals surface area contributed by atoms with Crippen molar-refractivity contribution < 1.29 is 4.74 Å². The van der Waals surface area contributed by atoms with Crippen LogP contribution in [0.25, 0.3) is 0 Å². The number of rotatable bonds is 5. The molecule has 0 saturated carbocycles. The molecule has 2 aromatic rings. The second kappa shape index (κ2) is 7.36. The summed E-state index contributed by atoms with van der Waals surface area (Å²) >= 11 is 0. The number of anilines is 1. The fraction of sp³-hybridized carbons (Fsp3) is 0.133. The number of ether oxygens (including phenoxy) is 1. The SMILES string of the molecule is Cc1cnc(COc2ccc(NN=C(C#N)C#N)cc2)cn1. The molecule has 0 aliphatic heterocycles. The Kier molecular flexibility index (Phi) is 5.00. The fourth-order valence-corrected chi connectivity index (χ4v) is 1.47. The van der Waals surface area contributed by atoms with Gasteiger partial charge in [-0.1, -0.05) is 0 Å². The Morgan fingerprint density at radius 1 is 1.18 bits per heavy atom. The van der Waals surface area contributed by atoms with E-state index in [1.165, 1.54) is 0 Å². The summed E-state index contributed by atoms with van der Waals surface area (Å²) < 4.78 is 5.58. The average molecular weight is 292 g/mol. The predicted octanol–water partition coefficient (Wildman–Crippen LogP) is 2.18. The molecule has 0 fully saturated rings. The van der Waals surface area contributed by atoms with Crippen molar-refractivity contribution in [2.24, 2.45) is 5.10 Å². The summed E-state index contributed by atoms with van der Waals surface area (Å²) in [6.45, 7) is 2.20. The van der Waals surface area contributed by atoms with E-state index in [1.807, 2.05) is 6.92 Å². The Labute approximate surface area is 127 Å². The zero-order valence-electron chi connectivity index (χ0n) is 11.8. The smallest absolute Gasteiger partial charge is 0.237 e. The molecule has 7 nitrogen and oxygen atoms in total. The highest BCUT2D eigenvalue weighted by molar-refractivity contribution is 6.10. The highest BCUT2D eigenvalue weighted by atomic mass is 16.5. The lowest BCUT2D eigenvalue weighted by atomic mass is 10.3. The fourth-order valence-electron chi connectivity index (χ4n) is 1.47. The number of nitriles is 2. The lowest BCUT2D eigenvalue weighted by Crippen LogP contribution is -2.00. The second-order valence-corrected chi connectivity index (χ2v) is 4.26. The molecule has 0 aliphatic rings. The monoisotopic (exact) mass is 292 g/mol. The van der Waals surface area contributed by atoms with Crippen LogP contribution in [0.1, 0.15) is 11.4 Å². The molecule has 0 bridgehead atoms. The summed E-state index contributed by atoms with van der Waals surface area (Å²) in [5, 5.41) is 20.8. The van der Waals surface area contributed by atoms with Crippen LogP contribution in [-0.2, 0) is 6.61 Å². The number of aromatic nitrogens is 2. The third kappa shape index (κ3) is 4.29. The Hall–Kier alpha value is -3.45. The van der Waals surface area contributed by atoms with E-state index in [4.69, 9.17) is 15.3 Å². The topological polar surface area (TPSA) is 107 Å². The summed E-state index contributed by atoms with van der Waals surface area (Å²) in [4.78, 5) is 8.34. The first-order valence-corrected chi connectivity index (χ1v) is 6.35. The molecule has 7 heteroatoms. The van der Waals surface area contributed by atoms with E-state index in [9.17, 15) is 0 Å². The van der Waals surface area contributed by atoms with E-state index in [2.05, 4.69) is 20.5 Å². The quantitative estimate of drug-likeness (QED) is 0.668. The van der Waals surface area contributed by atoms with Crippen molar-refractivity contribution in [3.8, 4) is 17.9 Å². The number of hydrogen-bond donors (Lipinski definition) is 1. The molecule has 1 N–H and O–H groups in total. The van der Waals surface area contributed by atoms with Gasteiger partial charge < -0.3 is 4.74 Å². The van der Waals surface area contributed by atoms with Gasteiger partial charge in [0.15, 0.2) is 0 Å². The molecule has 0 atom stereocenters. The van der Waals surface area contributed by atoms with E-state index in [0.717, 1.165) is 11.4 Å². The molecule has 1 aromatic carbocycles. The molecule has 1 aromatic heterocycles. The van der Waals surface area contributed by atoms with Crippen LogP contribution in [0.4, 0.5) is 5.69 Å². The zero-order valence-corrected chi connectivity index (χ0v) is 11.8. The Balaban J connectivity index is 1.92. The molecule has 2 rings (SSSR count). The maximum absolute atomic E-state index is 8.57. The Morgan fingerprint density at radius 2 is 1.91 bits per heavy atom. The van der Waals surface area contributed by atoms with Crippen LogP contribution in [0.3, 0.4) is 0 Å². The lowest BCUT2D eigenvalue weighted by molar-refractivity contribution is 0.300. The minimum atomic E-state index is -0.238. The van der Waals surface area contributed by atoms with Gasteiger partial charge in [-0.15, -0.1) is 0 Å². The van der Waals surface area contributed by atoms with Crippen LogP contribution < -0.4 is 10.2 Å². The first-order valence-electron chi connectivity index (χ1n) is 6.35. The summed E-state index contributed by atoms with van der Waals surface area (Å²) in [6.07, 6.45) is 3.36. The van der Waals surface area contributed by atoms with Crippen molar-refractivity contribution in [2.45, 2.75) is 13.5 Å². The van der Waals surface area contributed by atoms with E-state index in [1.54, 1.807) is 48.8 Å². The predicted molar refractivity (Wildman–Crippen MR) is 79.8 cm³/mol. The second-order valence-electron chi connectivity index (χ2n) is 4.26. The van der Waals surface area contributed by atoms with Crippen molar-refractivity contribution >= 4 is 11.4 Å². The van der Waals surface area contributed by atoms with E-state index >= 15 is 0 Å². The molecule has 0 aliphatic carbocycles. The van der Waals surface area contributed by atoms with Gasteiger partial charge in [0.2, 0.25) is 5.71 Å². The third-order valence-electron chi connectivity index (χ3n) is 2.58. The summed E-state index contributed by atoms with van der Waals surface area (Å²) in [5.74, 6) is 0.665. The van der Waals surface area contributed by atoms with Crippen LogP contribution >= 0.6 is 0 Å². The van der Waals surface area contributed by atoms with Crippen molar-refractivity contribution in [2.75, 3.05) is 5.43 Å². The number of benzene rings is 1. The van der Waals surface area contributed by atoms with Gasteiger partial charge in [-0.3, -0.25) is 15.4 Å². The van der Waals surface area contributed by atoms with E-state index in [0.29, 0.717) is 18.0 Å². The molecule has 1 heterocycles. The Bertz CT molecular complexity index is 722. The highest BCUT2D eigenvalue weighted by Gasteiger charge is 1.99. The van der Waals surface area contributed by atoms with Crippen molar-refractivity contribution in [1.29, 1.82) is 10.5 Å². The molecular formula is C15H12N6O. The minimum Gasteiger partial charge on any atom is -0.487 e. The zero-order chi connectivity index (χ0) is 15.8. The van der Waals surface area contributed by atoms with Crippen molar-refractivity contribution in [3.63, 3.8) is 0 Å². The van der Waals surface area contributed by atoms with Crippen LogP contribution in [0.5, 0.6) is 5.75 Å². The maximum Gasteiger partial charge on any atom is 0.237 e. The average Bonchev–Trinajstić information content (AvgIpc) is 2.56. The Morgan fingerprint density at radius 3 is 2.50 bits per heavy atom. The van der Waals surface area contributed by atoms with Gasteiger partial charge in [0, 0.05) is 6.20 Å². The van der Waals surface area contributed by atoms with Gasteiger partial charge in [0.05, 0.1) is 23.3 Å². The number of hydrazone groups is 1. The third-order valence-corrected chi connectivity index (χ3v) is 2.58.